The first-order valence-electron chi connectivity index (χ1n) is 5.48. The Morgan fingerprint density at radius 2 is 2.12 bits per heavy atom. The predicted molar refractivity (Wildman–Crippen MR) is 67.1 cm³/mol. The molecule has 0 fully saturated rings. The lowest BCUT2D eigenvalue weighted by molar-refractivity contribution is 0.329. The van der Waals surface area contributed by atoms with Gasteiger partial charge < -0.3 is 5.11 Å². The summed E-state index contributed by atoms with van der Waals surface area (Å²) in [5.41, 5.74) is 2.10. The minimum Gasteiger partial charge on any atom is -0.392 e. The second-order valence-corrected chi connectivity index (χ2v) is 3.76. The molecule has 0 atom stereocenters. The summed E-state index contributed by atoms with van der Waals surface area (Å²) < 4.78 is 0. The van der Waals surface area contributed by atoms with Crippen LogP contribution in [0.2, 0.25) is 0 Å². The summed E-state index contributed by atoms with van der Waals surface area (Å²) >= 11 is 0. The molecule has 0 aliphatic carbocycles. The average molecular weight is 213 g/mol. The predicted octanol–water partition coefficient (Wildman–Crippen LogP) is 3.02. The molecule has 0 unspecified atom stereocenters. The highest BCUT2D eigenvalue weighted by Crippen LogP contribution is 2.20. The Morgan fingerprint density at radius 3 is 2.88 bits per heavy atom. The number of pyridine rings is 1. The molecule has 16 heavy (non-hydrogen) atoms. The molecular weight excluding hydrogens is 198 g/mol. The van der Waals surface area contributed by atoms with Gasteiger partial charge in [-0.15, -0.1) is 0 Å². The van der Waals surface area contributed by atoms with Crippen LogP contribution in [0.4, 0.5) is 0 Å². The number of fused-ring (bicyclic) bond motifs is 1. The number of aliphatic hydroxyl groups is 1. The third kappa shape index (κ3) is 2.12. The van der Waals surface area contributed by atoms with Gasteiger partial charge in [0.2, 0.25) is 0 Å². The van der Waals surface area contributed by atoms with Gasteiger partial charge in [0.15, 0.2) is 0 Å². The lowest BCUT2D eigenvalue weighted by atomic mass is 10.0. The molecule has 0 saturated carbocycles. The SMILES string of the molecule is CC/C(=C/c1cncc2ccccc12)CO. The zero-order valence-electron chi connectivity index (χ0n) is 9.35. The fraction of sp³-hybridized carbons (Fsp3) is 0.214. The molecule has 0 radical (unpaired) electrons. The number of hydrogen-bond donors (Lipinski definition) is 1. The summed E-state index contributed by atoms with van der Waals surface area (Å²) in [6.45, 7) is 2.15. The summed E-state index contributed by atoms with van der Waals surface area (Å²) in [4.78, 5) is 4.21. The normalized spacial score (nSPS) is 12.0. The maximum atomic E-state index is 9.17. The Morgan fingerprint density at radius 1 is 1.31 bits per heavy atom. The van der Waals surface area contributed by atoms with Gasteiger partial charge in [-0.2, -0.15) is 0 Å². The maximum Gasteiger partial charge on any atom is 0.0644 e. The van der Waals surface area contributed by atoms with E-state index in [0.29, 0.717) is 0 Å². The van der Waals surface area contributed by atoms with Crippen LogP contribution in [-0.2, 0) is 0 Å². The van der Waals surface area contributed by atoms with Gasteiger partial charge in [0.1, 0.15) is 0 Å². The zero-order chi connectivity index (χ0) is 11.4. The van der Waals surface area contributed by atoms with E-state index in [4.69, 9.17) is 0 Å². The van der Waals surface area contributed by atoms with E-state index >= 15 is 0 Å². The van der Waals surface area contributed by atoms with Gasteiger partial charge in [-0.3, -0.25) is 4.98 Å². The molecule has 2 nitrogen and oxygen atoms in total. The fourth-order valence-corrected chi connectivity index (χ4v) is 1.73. The quantitative estimate of drug-likeness (QED) is 0.850. The van der Waals surface area contributed by atoms with Gasteiger partial charge in [-0.05, 0) is 17.4 Å². The molecule has 2 heteroatoms. The molecule has 1 aromatic carbocycles. The summed E-state index contributed by atoms with van der Waals surface area (Å²) in [6.07, 6.45) is 6.58. The van der Waals surface area contributed by atoms with Crippen molar-refractivity contribution in [3.05, 3.63) is 47.8 Å². The van der Waals surface area contributed by atoms with Gasteiger partial charge in [-0.1, -0.05) is 37.3 Å². The van der Waals surface area contributed by atoms with Crippen molar-refractivity contribution in [2.75, 3.05) is 6.61 Å². The largest absolute Gasteiger partial charge is 0.392 e. The molecule has 1 aromatic heterocycles. The van der Waals surface area contributed by atoms with E-state index in [0.717, 1.165) is 22.9 Å². The van der Waals surface area contributed by atoms with Crippen molar-refractivity contribution < 1.29 is 5.11 Å². The van der Waals surface area contributed by atoms with Crippen LogP contribution >= 0.6 is 0 Å². The van der Waals surface area contributed by atoms with Crippen LogP contribution in [0, 0.1) is 0 Å². The molecule has 0 amide bonds. The van der Waals surface area contributed by atoms with Gasteiger partial charge in [0.25, 0.3) is 0 Å². The van der Waals surface area contributed by atoms with Crippen LogP contribution in [0.5, 0.6) is 0 Å². The Hall–Kier alpha value is -1.67. The Kier molecular flexibility index (Phi) is 3.32. The number of aromatic nitrogens is 1. The van der Waals surface area contributed by atoms with Crippen LogP contribution in [-0.4, -0.2) is 16.7 Å². The highest BCUT2D eigenvalue weighted by atomic mass is 16.3. The molecule has 0 saturated heterocycles. The molecule has 0 spiro atoms. The number of rotatable bonds is 3. The highest BCUT2D eigenvalue weighted by molar-refractivity contribution is 5.89. The molecule has 82 valence electrons. The van der Waals surface area contributed by atoms with Crippen molar-refractivity contribution >= 4 is 16.8 Å². The molecular formula is C14H15NO. The topological polar surface area (TPSA) is 33.1 Å². The highest BCUT2D eigenvalue weighted by Gasteiger charge is 1.99. The Balaban J connectivity index is 2.56. The van der Waals surface area contributed by atoms with Crippen molar-refractivity contribution in [3.63, 3.8) is 0 Å². The van der Waals surface area contributed by atoms with Crippen LogP contribution in [0.3, 0.4) is 0 Å². The summed E-state index contributed by atoms with van der Waals surface area (Å²) in [6, 6.07) is 8.15. The third-order valence-electron chi connectivity index (χ3n) is 2.72. The summed E-state index contributed by atoms with van der Waals surface area (Å²) in [7, 11) is 0. The standard InChI is InChI=1S/C14H15NO/c1-2-11(10-16)7-13-9-15-8-12-5-3-4-6-14(12)13/h3-9,16H,2,10H2,1H3/b11-7-. The molecule has 2 aromatic rings. The van der Waals surface area contributed by atoms with Crippen molar-refractivity contribution in [1.29, 1.82) is 0 Å². The number of benzene rings is 1. The minimum absolute atomic E-state index is 0.111. The van der Waals surface area contributed by atoms with Crippen LogP contribution in [0.25, 0.3) is 16.8 Å². The van der Waals surface area contributed by atoms with E-state index in [1.54, 1.807) is 0 Å². The lowest BCUT2D eigenvalue weighted by Crippen LogP contribution is -1.89. The maximum absolute atomic E-state index is 9.17. The Bertz CT molecular complexity index is 506. The number of hydrogen-bond acceptors (Lipinski definition) is 2. The molecule has 2 rings (SSSR count). The summed E-state index contributed by atoms with van der Waals surface area (Å²) in [5, 5.41) is 11.5. The van der Waals surface area contributed by atoms with E-state index in [1.165, 1.54) is 5.39 Å². The molecule has 0 bridgehead atoms. The monoisotopic (exact) mass is 213 g/mol. The van der Waals surface area contributed by atoms with E-state index in [9.17, 15) is 5.11 Å². The van der Waals surface area contributed by atoms with Gasteiger partial charge in [0.05, 0.1) is 6.61 Å². The first kappa shape index (κ1) is 10.8. The molecule has 0 aliphatic rings. The average Bonchev–Trinajstić information content (AvgIpc) is 2.36. The fourth-order valence-electron chi connectivity index (χ4n) is 1.73. The van der Waals surface area contributed by atoms with Crippen molar-refractivity contribution in [2.45, 2.75) is 13.3 Å². The number of nitrogens with zero attached hydrogens (tertiary/aromatic N) is 1. The van der Waals surface area contributed by atoms with Crippen LogP contribution in [0.15, 0.2) is 42.2 Å². The molecule has 1 N–H and O–H groups in total. The first-order valence-corrected chi connectivity index (χ1v) is 5.48. The van der Waals surface area contributed by atoms with E-state index in [1.807, 2.05) is 43.6 Å². The van der Waals surface area contributed by atoms with Crippen molar-refractivity contribution in [3.8, 4) is 0 Å². The smallest absolute Gasteiger partial charge is 0.0644 e. The second kappa shape index (κ2) is 4.90. The first-order chi connectivity index (χ1) is 7.85. The van der Waals surface area contributed by atoms with E-state index < -0.39 is 0 Å². The van der Waals surface area contributed by atoms with Gasteiger partial charge >= 0.3 is 0 Å². The van der Waals surface area contributed by atoms with E-state index in [2.05, 4.69) is 11.1 Å². The van der Waals surface area contributed by atoms with E-state index in [-0.39, 0.29) is 6.61 Å². The zero-order valence-corrected chi connectivity index (χ0v) is 9.35. The molecule has 0 aliphatic heterocycles. The van der Waals surface area contributed by atoms with Crippen molar-refractivity contribution in [2.24, 2.45) is 0 Å². The van der Waals surface area contributed by atoms with Gasteiger partial charge in [0, 0.05) is 23.3 Å². The lowest BCUT2D eigenvalue weighted by Gasteiger charge is -2.03. The summed E-state index contributed by atoms with van der Waals surface area (Å²) in [5.74, 6) is 0. The molecule has 1 heterocycles. The Labute approximate surface area is 95.3 Å². The number of aliphatic hydroxyl groups excluding tert-OH is 1. The van der Waals surface area contributed by atoms with Crippen molar-refractivity contribution in [1.82, 2.24) is 4.98 Å². The minimum atomic E-state index is 0.111. The van der Waals surface area contributed by atoms with Crippen LogP contribution in [0.1, 0.15) is 18.9 Å². The third-order valence-corrected chi connectivity index (χ3v) is 2.72. The van der Waals surface area contributed by atoms with Gasteiger partial charge in [-0.25, -0.2) is 0 Å². The second-order valence-electron chi connectivity index (χ2n) is 3.76. The van der Waals surface area contributed by atoms with Crippen LogP contribution < -0.4 is 0 Å².